The van der Waals surface area contributed by atoms with Gasteiger partial charge in [0, 0.05) is 12.6 Å². The number of nitrogens with zero attached hydrogens (tertiary/aromatic N) is 1. The summed E-state index contributed by atoms with van der Waals surface area (Å²) in [5.41, 5.74) is 0. The van der Waals surface area contributed by atoms with Crippen molar-refractivity contribution in [2.75, 3.05) is 26.2 Å². The molecule has 0 atom stereocenters. The van der Waals surface area contributed by atoms with Crippen LogP contribution in [-0.4, -0.2) is 61.8 Å². The largest absolute Gasteiger partial charge is 0.377 e. The van der Waals surface area contributed by atoms with Crippen molar-refractivity contribution < 1.29 is 14.3 Å². The highest BCUT2D eigenvalue weighted by atomic mass is 16.7. The molecular formula is C17H34N2O3. The highest BCUT2D eigenvalue weighted by Crippen LogP contribution is 2.25. The fraction of sp³-hybridized carbons (Fsp3) is 1.00. The Hall–Kier alpha value is -0.200. The Bertz CT molecular complexity index is 298. The van der Waals surface area contributed by atoms with Crippen LogP contribution in [0.2, 0.25) is 0 Å². The van der Waals surface area contributed by atoms with Crippen molar-refractivity contribution in [2.45, 2.75) is 83.8 Å². The predicted molar refractivity (Wildman–Crippen MR) is 87.8 cm³/mol. The fourth-order valence-corrected chi connectivity index (χ4v) is 3.10. The molecule has 1 N–H and O–H groups in total. The summed E-state index contributed by atoms with van der Waals surface area (Å²) in [6, 6.07) is 0.637. The maximum absolute atomic E-state index is 6.17. The molecule has 22 heavy (non-hydrogen) atoms. The van der Waals surface area contributed by atoms with Crippen LogP contribution in [0.25, 0.3) is 0 Å². The number of rotatable bonds is 9. The smallest absolute Gasteiger partial charge is 0.0879 e. The van der Waals surface area contributed by atoms with Crippen molar-refractivity contribution in [1.29, 1.82) is 0 Å². The van der Waals surface area contributed by atoms with E-state index < -0.39 is 0 Å². The molecule has 5 heteroatoms. The molecule has 0 aromatic heterocycles. The molecule has 0 spiro atoms. The minimum atomic E-state index is 0.266. The van der Waals surface area contributed by atoms with Crippen molar-refractivity contribution in [1.82, 2.24) is 10.4 Å². The Morgan fingerprint density at radius 2 is 1.64 bits per heavy atom. The maximum Gasteiger partial charge on any atom is 0.0879 e. The molecule has 0 radical (unpaired) electrons. The topological polar surface area (TPSA) is 43.0 Å². The Kier molecular flexibility index (Phi) is 7.57. The molecule has 1 aliphatic carbocycles. The van der Waals surface area contributed by atoms with Crippen LogP contribution in [0.3, 0.4) is 0 Å². The summed E-state index contributed by atoms with van der Waals surface area (Å²) in [7, 11) is 0. The third-order valence-electron chi connectivity index (χ3n) is 4.22. The summed E-state index contributed by atoms with van der Waals surface area (Å²) in [4.78, 5) is 5.63. The second-order valence-corrected chi connectivity index (χ2v) is 7.11. The zero-order chi connectivity index (χ0) is 15.9. The Morgan fingerprint density at radius 3 is 2.23 bits per heavy atom. The average molecular weight is 314 g/mol. The van der Waals surface area contributed by atoms with E-state index in [1.54, 1.807) is 0 Å². The van der Waals surface area contributed by atoms with Crippen LogP contribution < -0.4 is 5.32 Å². The van der Waals surface area contributed by atoms with Gasteiger partial charge in [0.25, 0.3) is 0 Å². The van der Waals surface area contributed by atoms with Crippen molar-refractivity contribution in [3.63, 3.8) is 0 Å². The van der Waals surface area contributed by atoms with E-state index in [2.05, 4.69) is 33.0 Å². The molecule has 2 aliphatic rings. The minimum absolute atomic E-state index is 0.266. The van der Waals surface area contributed by atoms with E-state index in [1.165, 1.54) is 25.7 Å². The van der Waals surface area contributed by atoms with Gasteiger partial charge in [0.15, 0.2) is 0 Å². The van der Waals surface area contributed by atoms with E-state index in [-0.39, 0.29) is 6.10 Å². The van der Waals surface area contributed by atoms with Gasteiger partial charge in [0.1, 0.15) is 0 Å². The molecule has 2 fully saturated rings. The summed E-state index contributed by atoms with van der Waals surface area (Å²) in [6.07, 6.45) is 6.17. The second-order valence-electron chi connectivity index (χ2n) is 7.11. The zero-order valence-corrected chi connectivity index (χ0v) is 14.7. The molecule has 0 unspecified atom stereocenters. The highest BCUT2D eigenvalue weighted by Gasteiger charge is 2.32. The van der Waals surface area contributed by atoms with Crippen LogP contribution in [0.4, 0.5) is 0 Å². The van der Waals surface area contributed by atoms with E-state index in [9.17, 15) is 0 Å². The summed E-state index contributed by atoms with van der Waals surface area (Å²) in [5.74, 6) is 0. The number of hydroxylamine groups is 2. The number of hydrogen-bond donors (Lipinski definition) is 1. The number of nitrogens with one attached hydrogen (secondary N) is 1. The molecule has 1 aliphatic heterocycles. The van der Waals surface area contributed by atoms with Crippen LogP contribution in [0.1, 0.15) is 53.4 Å². The van der Waals surface area contributed by atoms with E-state index in [1.807, 2.05) is 5.06 Å². The predicted octanol–water partition coefficient (Wildman–Crippen LogP) is 2.35. The van der Waals surface area contributed by atoms with Gasteiger partial charge in [-0.25, -0.2) is 0 Å². The first kappa shape index (κ1) is 18.1. The first-order chi connectivity index (χ1) is 10.5. The van der Waals surface area contributed by atoms with E-state index >= 15 is 0 Å². The molecule has 1 heterocycles. The lowest BCUT2D eigenvalue weighted by molar-refractivity contribution is -0.270. The number of ether oxygens (including phenoxy) is 2. The van der Waals surface area contributed by atoms with Gasteiger partial charge >= 0.3 is 0 Å². The lowest BCUT2D eigenvalue weighted by atomic mass is 9.92. The molecule has 2 rings (SSSR count). The van der Waals surface area contributed by atoms with Crippen LogP contribution in [-0.2, 0) is 14.3 Å². The molecule has 5 nitrogen and oxygen atoms in total. The monoisotopic (exact) mass is 314 g/mol. The summed E-state index contributed by atoms with van der Waals surface area (Å²) >= 11 is 0. The Morgan fingerprint density at radius 1 is 0.955 bits per heavy atom. The molecule has 1 saturated heterocycles. The van der Waals surface area contributed by atoms with E-state index in [0.717, 1.165) is 26.2 Å². The van der Waals surface area contributed by atoms with Crippen molar-refractivity contribution in [2.24, 2.45) is 0 Å². The normalized spacial score (nSPS) is 27.5. The van der Waals surface area contributed by atoms with E-state index in [0.29, 0.717) is 24.4 Å². The fourth-order valence-electron chi connectivity index (χ4n) is 3.10. The minimum Gasteiger partial charge on any atom is -0.377 e. The van der Waals surface area contributed by atoms with Crippen molar-refractivity contribution >= 4 is 0 Å². The quantitative estimate of drug-likeness (QED) is 0.662. The van der Waals surface area contributed by atoms with Gasteiger partial charge in [-0.05, 0) is 53.4 Å². The van der Waals surface area contributed by atoms with Gasteiger partial charge in [-0.1, -0.05) is 0 Å². The first-order valence-corrected chi connectivity index (χ1v) is 8.95. The van der Waals surface area contributed by atoms with Crippen molar-refractivity contribution in [3.05, 3.63) is 0 Å². The third kappa shape index (κ3) is 6.50. The Labute approximate surface area is 135 Å². The molecule has 0 bridgehead atoms. The molecule has 130 valence electrons. The van der Waals surface area contributed by atoms with Gasteiger partial charge < -0.3 is 14.8 Å². The molecule has 0 aromatic carbocycles. The molecule has 1 saturated carbocycles. The van der Waals surface area contributed by atoms with Gasteiger partial charge in [0.2, 0.25) is 0 Å². The lowest BCUT2D eigenvalue weighted by Crippen LogP contribution is -2.54. The number of hydrogen-bond acceptors (Lipinski definition) is 5. The summed E-state index contributed by atoms with van der Waals surface area (Å²) in [5, 5.41) is 5.61. The van der Waals surface area contributed by atoms with Crippen LogP contribution >= 0.6 is 0 Å². The average Bonchev–Trinajstić information content (AvgIpc) is 2.42. The summed E-state index contributed by atoms with van der Waals surface area (Å²) < 4.78 is 11.7. The van der Waals surface area contributed by atoms with Crippen molar-refractivity contribution in [3.8, 4) is 0 Å². The Balaban J connectivity index is 1.49. The zero-order valence-electron chi connectivity index (χ0n) is 14.7. The van der Waals surface area contributed by atoms with Crippen LogP contribution in [0.15, 0.2) is 0 Å². The standard InChI is InChI=1S/C17H34N2O3/c1-13(2)20-10-9-18-15-5-7-16(8-6-15)21-17-11-19(12-17)22-14(3)4/h13-18H,5-12H2,1-4H3. The van der Waals surface area contributed by atoms with Gasteiger partial charge in [0.05, 0.1) is 44.1 Å². The highest BCUT2D eigenvalue weighted by molar-refractivity contribution is 4.82. The van der Waals surface area contributed by atoms with Crippen LogP contribution in [0.5, 0.6) is 0 Å². The SMILES string of the molecule is CC(C)OCCNC1CCC(OC2CN(OC(C)C)C2)CC1. The van der Waals surface area contributed by atoms with Gasteiger partial charge in [-0.15, -0.1) is 0 Å². The molecule has 0 amide bonds. The third-order valence-corrected chi connectivity index (χ3v) is 4.22. The van der Waals surface area contributed by atoms with Gasteiger partial charge in [-0.2, -0.15) is 5.06 Å². The maximum atomic E-state index is 6.17. The lowest BCUT2D eigenvalue weighted by Gasteiger charge is -2.41. The molecule has 0 aromatic rings. The van der Waals surface area contributed by atoms with E-state index in [4.69, 9.17) is 14.3 Å². The second kappa shape index (κ2) is 9.18. The molecular weight excluding hydrogens is 280 g/mol. The van der Waals surface area contributed by atoms with Gasteiger partial charge in [-0.3, -0.25) is 4.84 Å². The first-order valence-electron chi connectivity index (χ1n) is 8.95. The van der Waals surface area contributed by atoms with Crippen LogP contribution in [0, 0.1) is 0 Å². The summed E-state index contributed by atoms with van der Waals surface area (Å²) in [6.45, 7) is 11.9.